The molecule has 10 heteroatoms. The van der Waals surface area contributed by atoms with Crippen LogP contribution in [0.5, 0.6) is 0 Å². The largest absolute Gasteiger partial charge is 0.279 e. The molecule has 4 rings (SSSR count). The number of sulfonamides is 1. The van der Waals surface area contributed by atoms with Crippen molar-refractivity contribution in [2.75, 3.05) is 9.62 Å². The molecule has 0 saturated heterocycles. The minimum absolute atomic E-state index is 0.0256. The average molecular weight is 485 g/mol. The van der Waals surface area contributed by atoms with E-state index in [1.165, 1.54) is 36.7 Å². The lowest BCUT2D eigenvalue weighted by atomic mass is 9.87. The Balaban J connectivity index is 1.75. The van der Waals surface area contributed by atoms with Gasteiger partial charge in [0, 0.05) is 12.4 Å². The summed E-state index contributed by atoms with van der Waals surface area (Å²) in [4.78, 5) is 35.4. The maximum absolute atomic E-state index is 13.3. The number of nitrogens with one attached hydrogen (secondary N) is 1. The lowest BCUT2D eigenvalue weighted by Gasteiger charge is -2.19. The average Bonchev–Trinajstić information content (AvgIpc) is 3.01. The van der Waals surface area contributed by atoms with E-state index in [1.807, 2.05) is 20.8 Å². The fourth-order valence-electron chi connectivity index (χ4n) is 3.56. The topological polar surface area (TPSA) is 109 Å². The molecule has 1 aliphatic rings. The van der Waals surface area contributed by atoms with E-state index in [4.69, 9.17) is 11.6 Å². The van der Waals surface area contributed by atoms with Crippen LogP contribution in [0, 0.1) is 6.92 Å². The van der Waals surface area contributed by atoms with E-state index in [0.29, 0.717) is 5.69 Å². The van der Waals surface area contributed by atoms with Crippen LogP contribution in [0.15, 0.2) is 53.7 Å². The molecule has 0 atom stereocenters. The van der Waals surface area contributed by atoms with Crippen LogP contribution in [0.2, 0.25) is 5.02 Å². The molecule has 2 heterocycles. The molecule has 170 valence electrons. The predicted molar refractivity (Wildman–Crippen MR) is 125 cm³/mol. The molecule has 0 aliphatic carbocycles. The number of carbonyl (C=O) groups excluding carboxylic acids is 2. The highest BCUT2D eigenvalue weighted by Crippen LogP contribution is 2.37. The number of halogens is 1. The number of hydrogen-bond acceptors (Lipinski definition) is 6. The van der Waals surface area contributed by atoms with Gasteiger partial charge in [-0.05, 0) is 42.2 Å². The van der Waals surface area contributed by atoms with Crippen molar-refractivity contribution in [1.29, 1.82) is 0 Å². The van der Waals surface area contributed by atoms with Gasteiger partial charge in [-0.25, -0.2) is 18.3 Å². The predicted octanol–water partition coefficient (Wildman–Crippen LogP) is 4.34. The molecule has 0 radical (unpaired) electrons. The number of anilines is 2. The molecule has 1 N–H and O–H groups in total. The van der Waals surface area contributed by atoms with Gasteiger partial charge in [0.1, 0.15) is 0 Å². The first kappa shape index (κ1) is 22.9. The zero-order valence-corrected chi connectivity index (χ0v) is 20.0. The van der Waals surface area contributed by atoms with Crippen LogP contribution in [-0.4, -0.2) is 30.2 Å². The molecule has 2 amide bonds. The Labute approximate surface area is 196 Å². The van der Waals surface area contributed by atoms with Crippen LogP contribution in [0.1, 0.15) is 52.7 Å². The van der Waals surface area contributed by atoms with E-state index in [-0.39, 0.29) is 38.0 Å². The van der Waals surface area contributed by atoms with Gasteiger partial charge in [-0.2, -0.15) is 0 Å². The second-order valence-electron chi connectivity index (χ2n) is 8.64. The molecular weight excluding hydrogens is 464 g/mol. The first-order chi connectivity index (χ1) is 15.4. The molecule has 0 bridgehead atoms. The second kappa shape index (κ2) is 7.93. The summed E-state index contributed by atoms with van der Waals surface area (Å²) >= 11 is 6.23. The Morgan fingerprint density at radius 2 is 1.52 bits per heavy atom. The van der Waals surface area contributed by atoms with Gasteiger partial charge in [-0.15, -0.1) is 0 Å². The number of rotatable bonds is 4. The van der Waals surface area contributed by atoms with E-state index in [9.17, 15) is 18.0 Å². The highest BCUT2D eigenvalue weighted by atomic mass is 35.5. The molecule has 0 fully saturated rings. The van der Waals surface area contributed by atoms with Gasteiger partial charge in [0.25, 0.3) is 21.8 Å². The van der Waals surface area contributed by atoms with Gasteiger partial charge < -0.3 is 0 Å². The molecule has 3 aromatic rings. The zero-order chi connectivity index (χ0) is 24.1. The maximum Gasteiger partial charge on any atom is 0.269 e. The van der Waals surface area contributed by atoms with Crippen LogP contribution in [0.25, 0.3) is 0 Å². The number of aryl methyl sites for hydroxylation is 1. The second-order valence-corrected chi connectivity index (χ2v) is 10.7. The fourth-order valence-corrected chi connectivity index (χ4v) is 4.87. The van der Waals surface area contributed by atoms with Crippen LogP contribution >= 0.6 is 11.6 Å². The van der Waals surface area contributed by atoms with E-state index < -0.39 is 21.8 Å². The lowest BCUT2D eigenvalue weighted by Crippen LogP contribution is -2.31. The summed E-state index contributed by atoms with van der Waals surface area (Å²) in [5.74, 6) is -1.37. The SMILES string of the molecule is Cc1nccnc1N1C(=O)c2c(Cl)ccc(NS(=O)(=O)c3ccc(C(C)(C)C)cc3)c2C1=O. The highest BCUT2D eigenvalue weighted by molar-refractivity contribution is 7.92. The van der Waals surface area contributed by atoms with E-state index >= 15 is 0 Å². The van der Waals surface area contributed by atoms with Crippen molar-refractivity contribution in [3.8, 4) is 0 Å². The van der Waals surface area contributed by atoms with Gasteiger partial charge in [0.15, 0.2) is 5.82 Å². The van der Waals surface area contributed by atoms with Gasteiger partial charge in [0.05, 0.1) is 32.4 Å². The van der Waals surface area contributed by atoms with Crippen molar-refractivity contribution in [1.82, 2.24) is 9.97 Å². The summed E-state index contributed by atoms with van der Waals surface area (Å²) in [6.07, 6.45) is 2.80. The molecule has 0 spiro atoms. The third-order valence-electron chi connectivity index (χ3n) is 5.33. The Morgan fingerprint density at radius 3 is 2.12 bits per heavy atom. The van der Waals surface area contributed by atoms with E-state index in [1.54, 1.807) is 19.1 Å². The third kappa shape index (κ3) is 3.98. The minimum Gasteiger partial charge on any atom is -0.279 e. The van der Waals surface area contributed by atoms with Crippen LogP contribution in [0.4, 0.5) is 11.5 Å². The van der Waals surface area contributed by atoms with Crippen molar-refractivity contribution in [3.63, 3.8) is 0 Å². The molecule has 1 aliphatic heterocycles. The summed E-state index contributed by atoms with van der Waals surface area (Å²) in [5, 5.41) is 0.0323. The Kier molecular flexibility index (Phi) is 5.50. The molecule has 0 unspecified atom stereocenters. The molecule has 1 aromatic heterocycles. The van der Waals surface area contributed by atoms with Crippen LogP contribution < -0.4 is 9.62 Å². The number of amides is 2. The standard InChI is InChI=1S/C23H21ClN4O4S/c1-13-20(26-12-11-25-13)28-21(29)18-16(24)9-10-17(19(18)22(28)30)27-33(31,32)15-7-5-14(6-8-15)23(2,3)4/h5-12,27H,1-4H3. The van der Waals surface area contributed by atoms with Crippen molar-refractivity contribution < 1.29 is 18.0 Å². The normalized spacial score (nSPS) is 13.9. The first-order valence-electron chi connectivity index (χ1n) is 10.0. The van der Waals surface area contributed by atoms with Crippen LogP contribution in [-0.2, 0) is 15.4 Å². The Hall–Kier alpha value is -3.30. The van der Waals surface area contributed by atoms with Crippen molar-refractivity contribution in [3.05, 3.63) is 76.2 Å². The monoisotopic (exact) mass is 484 g/mol. The maximum atomic E-state index is 13.3. The number of imide groups is 1. The van der Waals surface area contributed by atoms with Crippen molar-refractivity contribution in [2.45, 2.75) is 38.0 Å². The number of carbonyl (C=O) groups is 2. The quantitative estimate of drug-likeness (QED) is 0.552. The molecule has 8 nitrogen and oxygen atoms in total. The summed E-state index contributed by atoms with van der Waals surface area (Å²) in [6, 6.07) is 9.23. The highest BCUT2D eigenvalue weighted by Gasteiger charge is 2.42. The van der Waals surface area contributed by atoms with Crippen LogP contribution in [0.3, 0.4) is 0 Å². The number of benzene rings is 2. The summed E-state index contributed by atoms with van der Waals surface area (Å²) in [7, 11) is -4.04. The smallest absolute Gasteiger partial charge is 0.269 e. The van der Waals surface area contributed by atoms with Gasteiger partial charge >= 0.3 is 0 Å². The van der Waals surface area contributed by atoms with Gasteiger partial charge in [0.2, 0.25) is 0 Å². The molecule has 2 aromatic carbocycles. The summed E-state index contributed by atoms with van der Waals surface area (Å²) in [6.45, 7) is 7.69. The van der Waals surface area contributed by atoms with Gasteiger partial charge in [-0.1, -0.05) is 44.5 Å². The lowest BCUT2D eigenvalue weighted by molar-refractivity contribution is 0.0925. The van der Waals surface area contributed by atoms with E-state index in [0.717, 1.165) is 10.5 Å². The fraction of sp³-hybridized carbons (Fsp3) is 0.217. The number of aromatic nitrogens is 2. The minimum atomic E-state index is -4.04. The summed E-state index contributed by atoms with van der Waals surface area (Å²) < 4.78 is 28.6. The zero-order valence-electron chi connectivity index (χ0n) is 18.4. The number of nitrogens with zero attached hydrogens (tertiary/aromatic N) is 3. The van der Waals surface area contributed by atoms with Crippen molar-refractivity contribution in [2.24, 2.45) is 0 Å². The molecule has 0 saturated carbocycles. The molecular formula is C23H21ClN4O4S. The first-order valence-corrected chi connectivity index (χ1v) is 11.9. The molecule has 33 heavy (non-hydrogen) atoms. The number of hydrogen-bond donors (Lipinski definition) is 1. The van der Waals surface area contributed by atoms with E-state index in [2.05, 4.69) is 14.7 Å². The van der Waals surface area contributed by atoms with Gasteiger partial charge in [-0.3, -0.25) is 19.3 Å². The third-order valence-corrected chi connectivity index (χ3v) is 7.03. The Bertz CT molecular complexity index is 1400. The number of fused-ring (bicyclic) bond motifs is 1. The Morgan fingerprint density at radius 1 is 0.909 bits per heavy atom. The summed E-state index contributed by atoms with van der Waals surface area (Å²) in [5.41, 5.74) is 0.939. The van der Waals surface area contributed by atoms with Crippen molar-refractivity contribution >= 4 is 44.9 Å².